The number of carbonyl (C=O) groups is 2. The van der Waals surface area contributed by atoms with E-state index in [9.17, 15) is 9.59 Å². The summed E-state index contributed by atoms with van der Waals surface area (Å²) in [6.45, 7) is 0. The summed E-state index contributed by atoms with van der Waals surface area (Å²) in [5.74, 6) is -0.849. The molecule has 2 rings (SSSR count). The van der Waals surface area contributed by atoms with Crippen molar-refractivity contribution in [2.24, 2.45) is 4.99 Å². The molecule has 1 N–H and O–H groups in total. The molecule has 0 bridgehead atoms. The number of esters is 1. The SMILES string of the molecule is COC(=O)C(CC1=CN=C[N]1)NC(=O)c1ccccc1. The number of aliphatic imine (C=N–C) groups is 1. The topological polar surface area (TPSA) is 81.9 Å². The lowest BCUT2D eigenvalue weighted by Gasteiger charge is -2.16. The van der Waals surface area contributed by atoms with Crippen LogP contribution in [-0.2, 0) is 9.53 Å². The van der Waals surface area contributed by atoms with E-state index >= 15 is 0 Å². The van der Waals surface area contributed by atoms with E-state index in [-0.39, 0.29) is 12.3 Å². The Bertz CT molecular complexity index is 552. The van der Waals surface area contributed by atoms with Gasteiger partial charge in [0.1, 0.15) is 12.4 Å². The number of nitrogens with one attached hydrogen (secondary N) is 1. The van der Waals surface area contributed by atoms with Crippen molar-refractivity contribution in [1.29, 1.82) is 0 Å². The second kappa shape index (κ2) is 6.51. The number of methoxy groups -OCH3 is 1. The van der Waals surface area contributed by atoms with Crippen LogP contribution in [0.2, 0.25) is 0 Å². The fourth-order valence-corrected chi connectivity index (χ4v) is 1.74. The van der Waals surface area contributed by atoms with Crippen LogP contribution in [0.4, 0.5) is 0 Å². The fourth-order valence-electron chi connectivity index (χ4n) is 1.74. The molecule has 0 spiro atoms. The Hall–Kier alpha value is -2.63. The molecule has 0 fully saturated rings. The Morgan fingerprint density at radius 1 is 1.30 bits per heavy atom. The molecule has 1 aromatic carbocycles. The first-order chi connectivity index (χ1) is 9.70. The molecular weight excluding hydrogens is 258 g/mol. The van der Waals surface area contributed by atoms with Gasteiger partial charge < -0.3 is 10.1 Å². The summed E-state index contributed by atoms with van der Waals surface area (Å²) in [7, 11) is 1.28. The van der Waals surface area contributed by atoms with Crippen LogP contribution in [0, 0.1) is 0 Å². The summed E-state index contributed by atoms with van der Waals surface area (Å²) < 4.78 is 4.70. The number of hydrogen-bond acceptors (Lipinski definition) is 4. The van der Waals surface area contributed by atoms with Crippen LogP contribution in [0.15, 0.2) is 47.2 Å². The zero-order chi connectivity index (χ0) is 14.4. The van der Waals surface area contributed by atoms with Crippen molar-refractivity contribution >= 4 is 18.2 Å². The molecule has 1 aliphatic rings. The Labute approximate surface area is 116 Å². The van der Waals surface area contributed by atoms with E-state index in [1.165, 1.54) is 13.4 Å². The molecule has 1 radical (unpaired) electrons. The maximum Gasteiger partial charge on any atom is 0.328 e. The predicted molar refractivity (Wildman–Crippen MR) is 73.0 cm³/mol. The van der Waals surface area contributed by atoms with Gasteiger partial charge in [0.05, 0.1) is 19.0 Å². The van der Waals surface area contributed by atoms with E-state index in [0.717, 1.165) is 0 Å². The van der Waals surface area contributed by atoms with Gasteiger partial charge in [-0.3, -0.25) is 4.79 Å². The van der Waals surface area contributed by atoms with Crippen molar-refractivity contribution in [3.63, 3.8) is 0 Å². The lowest BCUT2D eigenvalue weighted by atomic mass is 10.1. The van der Waals surface area contributed by atoms with Crippen LogP contribution in [0.3, 0.4) is 0 Å². The first kappa shape index (κ1) is 13.8. The highest BCUT2D eigenvalue weighted by molar-refractivity contribution is 5.96. The molecule has 6 heteroatoms. The molecule has 1 aromatic rings. The van der Waals surface area contributed by atoms with Crippen molar-refractivity contribution in [1.82, 2.24) is 10.6 Å². The molecule has 20 heavy (non-hydrogen) atoms. The maximum atomic E-state index is 12.0. The van der Waals surface area contributed by atoms with Gasteiger partial charge in [-0.2, -0.15) is 0 Å². The Kier molecular flexibility index (Phi) is 4.49. The largest absolute Gasteiger partial charge is 0.467 e. The Balaban J connectivity index is 2.04. The quantitative estimate of drug-likeness (QED) is 0.806. The third-order valence-corrected chi connectivity index (χ3v) is 2.75. The zero-order valence-corrected chi connectivity index (χ0v) is 10.9. The summed E-state index contributed by atoms with van der Waals surface area (Å²) in [4.78, 5) is 27.6. The monoisotopic (exact) mass is 272 g/mol. The molecule has 103 valence electrons. The van der Waals surface area contributed by atoms with Gasteiger partial charge in [0.15, 0.2) is 0 Å². The minimum absolute atomic E-state index is 0.241. The highest BCUT2D eigenvalue weighted by Crippen LogP contribution is 2.09. The smallest absolute Gasteiger partial charge is 0.328 e. The summed E-state index contributed by atoms with van der Waals surface area (Å²) in [5.41, 5.74) is 1.10. The lowest BCUT2D eigenvalue weighted by Crippen LogP contribution is -2.42. The number of rotatable bonds is 5. The van der Waals surface area contributed by atoms with Gasteiger partial charge in [-0.05, 0) is 12.1 Å². The third kappa shape index (κ3) is 3.44. The zero-order valence-electron chi connectivity index (χ0n) is 10.9. The summed E-state index contributed by atoms with van der Waals surface area (Å²) >= 11 is 0. The van der Waals surface area contributed by atoms with Gasteiger partial charge >= 0.3 is 5.97 Å². The highest BCUT2D eigenvalue weighted by atomic mass is 16.5. The number of carbonyl (C=O) groups excluding carboxylic acids is 2. The highest BCUT2D eigenvalue weighted by Gasteiger charge is 2.24. The van der Waals surface area contributed by atoms with Crippen molar-refractivity contribution in [3.8, 4) is 0 Å². The fraction of sp³-hybridized carbons (Fsp3) is 0.214. The average Bonchev–Trinajstić information content (AvgIpc) is 2.99. The van der Waals surface area contributed by atoms with Crippen LogP contribution in [0.25, 0.3) is 0 Å². The van der Waals surface area contributed by atoms with Gasteiger partial charge in [0, 0.05) is 12.0 Å². The van der Waals surface area contributed by atoms with Crippen LogP contribution in [-0.4, -0.2) is 31.4 Å². The molecule has 1 atom stereocenters. The molecule has 1 unspecified atom stereocenters. The second-order valence-corrected chi connectivity index (χ2v) is 4.13. The molecule has 0 aromatic heterocycles. The Morgan fingerprint density at radius 2 is 2.05 bits per heavy atom. The Morgan fingerprint density at radius 3 is 2.65 bits per heavy atom. The van der Waals surface area contributed by atoms with Gasteiger partial charge in [-0.25, -0.2) is 15.1 Å². The molecule has 0 saturated carbocycles. The summed E-state index contributed by atoms with van der Waals surface area (Å²) in [5, 5.41) is 6.62. The minimum atomic E-state index is -0.788. The minimum Gasteiger partial charge on any atom is -0.467 e. The summed E-state index contributed by atoms with van der Waals surface area (Å²) in [6, 6.07) is 7.88. The predicted octanol–water partition coefficient (Wildman–Crippen LogP) is 0.836. The lowest BCUT2D eigenvalue weighted by molar-refractivity contribution is -0.142. The maximum absolute atomic E-state index is 12.0. The van der Waals surface area contributed by atoms with E-state index < -0.39 is 12.0 Å². The van der Waals surface area contributed by atoms with Gasteiger partial charge in [-0.1, -0.05) is 18.2 Å². The van der Waals surface area contributed by atoms with Crippen molar-refractivity contribution < 1.29 is 14.3 Å². The van der Waals surface area contributed by atoms with Crippen molar-refractivity contribution in [3.05, 3.63) is 47.8 Å². The number of hydrogen-bond donors (Lipinski definition) is 1. The van der Waals surface area contributed by atoms with Crippen LogP contribution in [0.5, 0.6) is 0 Å². The van der Waals surface area contributed by atoms with Crippen molar-refractivity contribution in [2.45, 2.75) is 12.5 Å². The molecule has 6 nitrogen and oxygen atoms in total. The second-order valence-electron chi connectivity index (χ2n) is 4.13. The number of ether oxygens (including phenoxy) is 1. The molecular formula is C14H14N3O3. The van der Waals surface area contributed by atoms with Gasteiger partial charge in [0.25, 0.3) is 5.91 Å². The molecule has 1 amide bonds. The van der Waals surface area contributed by atoms with Crippen LogP contribution in [0.1, 0.15) is 16.8 Å². The number of amides is 1. The first-order valence-electron chi connectivity index (χ1n) is 6.06. The first-order valence-corrected chi connectivity index (χ1v) is 6.06. The summed E-state index contributed by atoms with van der Waals surface area (Å²) in [6.07, 6.45) is 3.18. The van der Waals surface area contributed by atoms with E-state index in [0.29, 0.717) is 11.3 Å². The average molecular weight is 272 g/mol. The molecule has 1 aliphatic heterocycles. The molecule has 0 saturated heterocycles. The van der Waals surface area contributed by atoms with Crippen LogP contribution >= 0.6 is 0 Å². The van der Waals surface area contributed by atoms with E-state index in [2.05, 4.69) is 15.6 Å². The van der Waals surface area contributed by atoms with Gasteiger partial charge in [0.2, 0.25) is 0 Å². The van der Waals surface area contributed by atoms with Gasteiger partial charge in [-0.15, -0.1) is 0 Å². The van der Waals surface area contributed by atoms with E-state index in [1.54, 1.807) is 30.5 Å². The number of benzene rings is 1. The normalized spacial score (nSPS) is 14.2. The molecule has 1 heterocycles. The van der Waals surface area contributed by atoms with Crippen LogP contribution < -0.4 is 10.6 Å². The standard InChI is InChI=1S/C14H14N3O3/c1-20-14(19)12(7-11-8-15-9-16-11)17-13(18)10-5-3-2-4-6-10/h2-6,8-9,12H,7H2,1H3,(H,17,18). The molecule has 0 aliphatic carbocycles. The number of nitrogens with zero attached hydrogens (tertiary/aromatic N) is 2. The van der Waals surface area contributed by atoms with E-state index in [4.69, 9.17) is 4.74 Å². The van der Waals surface area contributed by atoms with E-state index in [1.807, 2.05) is 6.07 Å². The van der Waals surface area contributed by atoms with Crippen molar-refractivity contribution in [2.75, 3.05) is 7.11 Å². The third-order valence-electron chi connectivity index (χ3n) is 2.75.